The minimum absolute atomic E-state index is 0.865. The number of nitrogens with one attached hydrogen (secondary N) is 1. The molecule has 0 aromatic heterocycles. The van der Waals surface area contributed by atoms with Gasteiger partial charge in [0.05, 0.1) is 0 Å². The molecule has 0 spiro atoms. The third kappa shape index (κ3) is 2.63. The number of amidine groups is 1. The molecule has 3 rings (SSSR count). The summed E-state index contributed by atoms with van der Waals surface area (Å²) in [5.41, 5.74) is 3.52. The first-order chi connectivity index (χ1) is 9.43. The van der Waals surface area contributed by atoms with E-state index in [4.69, 9.17) is 0 Å². The lowest BCUT2D eigenvalue weighted by molar-refractivity contribution is 1.26. The summed E-state index contributed by atoms with van der Waals surface area (Å²) in [5.74, 6) is 0.865. The lowest BCUT2D eigenvalue weighted by Crippen LogP contribution is -2.17. The molecule has 0 saturated carbocycles. The summed E-state index contributed by atoms with van der Waals surface area (Å²) in [6, 6.07) is 18.8. The van der Waals surface area contributed by atoms with Crippen LogP contribution in [-0.2, 0) is 0 Å². The number of aliphatic imine (C=N–C) groups is 1. The second-order valence-electron chi connectivity index (χ2n) is 4.27. The molecular weight excluding hydrogens is 232 g/mol. The van der Waals surface area contributed by atoms with Gasteiger partial charge in [0, 0.05) is 18.0 Å². The van der Waals surface area contributed by atoms with E-state index in [2.05, 4.69) is 58.8 Å². The van der Waals surface area contributed by atoms with E-state index in [0.717, 1.165) is 11.4 Å². The molecule has 0 radical (unpaired) electrons. The largest absolute Gasteiger partial charge is 0.346 e. The number of hydrogen-bond donors (Lipinski definition) is 1. The second-order valence-corrected chi connectivity index (χ2v) is 4.27. The van der Waals surface area contributed by atoms with Gasteiger partial charge in [-0.05, 0) is 23.3 Å². The molecular formula is C17H14N2. The summed E-state index contributed by atoms with van der Waals surface area (Å²) in [7, 11) is 0. The molecule has 2 heteroatoms. The summed E-state index contributed by atoms with van der Waals surface area (Å²) in [4.78, 5) is 4.36. The van der Waals surface area contributed by atoms with Gasteiger partial charge in [0.1, 0.15) is 5.84 Å². The maximum Gasteiger partial charge on any atom is 0.137 e. The highest BCUT2D eigenvalue weighted by atomic mass is 15.0. The molecule has 2 nitrogen and oxygen atoms in total. The molecule has 1 N–H and O–H groups in total. The minimum atomic E-state index is 0.865. The fraction of sp³-hybridized carbons (Fsp3) is 0. The molecule has 1 heterocycles. The zero-order valence-corrected chi connectivity index (χ0v) is 10.5. The van der Waals surface area contributed by atoms with Crippen LogP contribution in [0.15, 0.2) is 84.1 Å². The molecule has 0 atom stereocenters. The number of allylic oxidation sites excluding steroid dienone is 2. The van der Waals surface area contributed by atoms with E-state index in [9.17, 15) is 0 Å². The van der Waals surface area contributed by atoms with Gasteiger partial charge >= 0.3 is 0 Å². The Labute approximate surface area is 112 Å². The third-order valence-electron chi connectivity index (χ3n) is 2.98. The molecule has 0 bridgehead atoms. The molecule has 0 aliphatic carbocycles. The molecule has 0 amide bonds. The molecule has 19 heavy (non-hydrogen) atoms. The van der Waals surface area contributed by atoms with E-state index in [1.165, 1.54) is 11.1 Å². The van der Waals surface area contributed by atoms with Gasteiger partial charge in [-0.25, -0.2) is 4.99 Å². The Morgan fingerprint density at radius 1 is 0.684 bits per heavy atom. The number of benzene rings is 2. The number of nitrogens with zero attached hydrogens (tertiary/aromatic N) is 1. The lowest BCUT2D eigenvalue weighted by atomic mass is 10.0. The van der Waals surface area contributed by atoms with Crippen LogP contribution in [0.2, 0.25) is 0 Å². The Kier molecular flexibility index (Phi) is 3.24. The first kappa shape index (κ1) is 11.5. The van der Waals surface area contributed by atoms with Crippen LogP contribution < -0.4 is 5.32 Å². The average Bonchev–Trinajstić information content (AvgIpc) is 2.77. The molecule has 0 fully saturated rings. The Hall–Kier alpha value is -2.61. The van der Waals surface area contributed by atoms with Gasteiger partial charge in [-0.3, -0.25) is 0 Å². The predicted molar refractivity (Wildman–Crippen MR) is 79.8 cm³/mol. The van der Waals surface area contributed by atoms with Crippen LogP contribution in [-0.4, -0.2) is 5.84 Å². The monoisotopic (exact) mass is 246 g/mol. The van der Waals surface area contributed by atoms with Crippen LogP contribution in [0.25, 0.3) is 11.1 Å². The summed E-state index contributed by atoms with van der Waals surface area (Å²) in [5, 5.41) is 3.16. The topological polar surface area (TPSA) is 24.4 Å². The fourth-order valence-electron chi connectivity index (χ4n) is 2.00. The fourth-order valence-corrected chi connectivity index (χ4v) is 2.00. The normalized spacial score (nSPS) is 13.6. The maximum atomic E-state index is 4.36. The van der Waals surface area contributed by atoms with Gasteiger partial charge in [0.15, 0.2) is 0 Å². The van der Waals surface area contributed by atoms with E-state index in [-0.39, 0.29) is 0 Å². The Balaban J connectivity index is 1.89. The smallest absolute Gasteiger partial charge is 0.137 e. The predicted octanol–water partition coefficient (Wildman–Crippen LogP) is 3.73. The van der Waals surface area contributed by atoms with Gasteiger partial charge in [0.2, 0.25) is 0 Å². The minimum Gasteiger partial charge on any atom is -0.346 e. The molecule has 2 aromatic carbocycles. The van der Waals surface area contributed by atoms with Crippen molar-refractivity contribution in [3.63, 3.8) is 0 Å². The van der Waals surface area contributed by atoms with Crippen LogP contribution in [0.4, 0.5) is 0 Å². The number of hydrogen-bond acceptors (Lipinski definition) is 2. The third-order valence-corrected chi connectivity index (χ3v) is 2.98. The summed E-state index contributed by atoms with van der Waals surface area (Å²) in [6.45, 7) is 0. The molecule has 2 aromatic rings. The summed E-state index contributed by atoms with van der Waals surface area (Å²) >= 11 is 0. The lowest BCUT2D eigenvalue weighted by Gasteiger charge is -2.06. The molecule has 0 saturated heterocycles. The van der Waals surface area contributed by atoms with Crippen LogP contribution in [0, 0.1) is 0 Å². The van der Waals surface area contributed by atoms with Crippen molar-refractivity contribution < 1.29 is 0 Å². The SMILES string of the molecule is C1=CN=C(c2ccc(-c3ccccc3)cc2)NC=C1. The molecule has 1 aliphatic heterocycles. The van der Waals surface area contributed by atoms with Crippen LogP contribution >= 0.6 is 0 Å². The van der Waals surface area contributed by atoms with Crippen molar-refractivity contribution in [3.05, 3.63) is 84.7 Å². The van der Waals surface area contributed by atoms with Gasteiger partial charge in [-0.15, -0.1) is 0 Å². The van der Waals surface area contributed by atoms with Gasteiger partial charge < -0.3 is 5.32 Å². The highest BCUT2D eigenvalue weighted by Gasteiger charge is 2.03. The van der Waals surface area contributed by atoms with E-state index in [1.807, 2.05) is 24.4 Å². The van der Waals surface area contributed by atoms with Crippen molar-refractivity contribution in [2.75, 3.05) is 0 Å². The zero-order valence-electron chi connectivity index (χ0n) is 10.5. The Morgan fingerprint density at radius 3 is 2.16 bits per heavy atom. The second kappa shape index (κ2) is 5.36. The van der Waals surface area contributed by atoms with Gasteiger partial charge in [-0.2, -0.15) is 0 Å². The van der Waals surface area contributed by atoms with Crippen LogP contribution in [0.3, 0.4) is 0 Å². The van der Waals surface area contributed by atoms with Crippen molar-refractivity contribution in [1.82, 2.24) is 5.32 Å². The zero-order chi connectivity index (χ0) is 12.9. The summed E-state index contributed by atoms with van der Waals surface area (Å²) in [6.07, 6.45) is 7.50. The Morgan fingerprint density at radius 2 is 1.37 bits per heavy atom. The molecule has 0 unspecified atom stereocenters. The van der Waals surface area contributed by atoms with E-state index in [1.54, 1.807) is 6.20 Å². The maximum absolute atomic E-state index is 4.36. The van der Waals surface area contributed by atoms with Crippen LogP contribution in [0.5, 0.6) is 0 Å². The molecule has 92 valence electrons. The highest BCUT2D eigenvalue weighted by molar-refractivity contribution is 6.00. The molecule has 1 aliphatic rings. The van der Waals surface area contributed by atoms with Gasteiger partial charge in [-0.1, -0.05) is 54.6 Å². The first-order valence-corrected chi connectivity index (χ1v) is 6.25. The van der Waals surface area contributed by atoms with Crippen molar-refractivity contribution in [2.24, 2.45) is 4.99 Å². The van der Waals surface area contributed by atoms with Crippen LogP contribution in [0.1, 0.15) is 5.56 Å². The van der Waals surface area contributed by atoms with E-state index >= 15 is 0 Å². The Bertz CT molecular complexity index is 635. The number of rotatable bonds is 2. The van der Waals surface area contributed by atoms with E-state index in [0.29, 0.717) is 0 Å². The standard InChI is InChI=1S/C17H14N2/c1-2-6-14(7-3-1)15-8-10-16(11-9-15)17-18-12-4-5-13-19-17/h1-13H,(H,18,19). The van der Waals surface area contributed by atoms with Crippen molar-refractivity contribution >= 4 is 5.84 Å². The summed E-state index contributed by atoms with van der Waals surface area (Å²) < 4.78 is 0. The average molecular weight is 246 g/mol. The van der Waals surface area contributed by atoms with E-state index < -0.39 is 0 Å². The van der Waals surface area contributed by atoms with Crippen molar-refractivity contribution in [3.8, 4) is 11.1 Å². The first-order valence-electron chi connectivity index (χ1n) is 6.25. The van der Waals surface area contributed by atoms with Crippen molar-refractivity contribution in [1.29, 1.82) is 0 Å². The van der Waals surface area contributed by atoms with Crippen molar-refractivity contribution in [2.45, 2.75) is 0 Å². The van der Waals surface area contributed by atoms with Gasteiger partial charge in [0.25, 0.3) is 0 Å². The quantitative estimate of drug-likeness (QED) is 0.857. The highest BCUT2D eigenvalue weighted by Crippen LogP contribution is 2.19.